The van der Waals surface area contributed by atoms with Crippen LogP contribution in [-0.2, 0) is 6.42 Å². The fourth-order valence-electron chi connectivity index (χ4n) is 2.10. The minimum Gasteiger partial charge on any atom is -0.464 e. The van der Waals surface area contributed by atoms with Crippen molar-refractivity contribution in [1.82, 2.24) is 5.32 Å². The molecule has 0 bridgehead atoms. The average Bonchev–Trinajstić information content (AvgIpc) is 2.88. The molecule has 1 heterocycles. The molecule has 0 saturated carbocycles. The lowest BCUT2D eigenvalue weighted by atomic mass is 10.0. The molecule has 2 rings (SSSR count). The van der Waals surface area contributed by atoms with Gasteiger partial charge in [-0.3, -0.25) is 0 Å². The summed E-state index contributed by atoms with van der Waals surface area (Å²) < 4.78 is 7.17. The minimum atomic E-state index is 0.148. The van der Waals surface area contributed by atoms with Gasteiger partial charge in [-0.25, -0.2) is 0 Å². The second-order valence-electron chi connectivity index (χ2n) is 4.60. The normalized spacial score (nSPS) is 12.6. The first-order chi connectivity index (χ1) is 9.24. The number of benzene rings is 1. The summed E-state index contributed by atoms with van der Waals surface area (Å²) in [6.07, 6.45) is 2.05. The van der Waals surface area contributed by atoms with Crippen molar-refractivity contribution in [2.45, 2.75) is 32.7 Å². The van der Waals surface area contributed by atoms with Crippen molar-refractivity contribution in [1.29, 1.82) is 0 Å². The van der Waals surface area contributed by atoms with E-state index in [1.54, 1.807) is 0 Å². The van der Waals surface area contributed by atoms with Crippen LogP contribution in [0.1, 0.15) is 43.4 Å². The van der Waals surface area contributed by atoms with Crippen LogP contribution in [0.3, 0.4) is 0 Å². The van der Waals surface area contributed by atoms with Crippen LogP contribution in [0.15, 0.2) is 40.8 Å². The van der Waals surface area contributed by atoms with Gasteiger partial charge < -0.3 is 9.73 Å². The fourth-order valence-corrected chi connectivity index (χ4v) is 2.66. The number of rotatable bonds is 6. The van der Waals surface area contributed by atoms with Gasteiger partial charge in [0.05, 0.1) is 6.04 Å². The highest BCUT2D eigenvalue weighted by molar-refractivity contribution is 14.1. The molecule has 0 spiro atoms. The van der Waals surface area contributed by atoms with Crippen LogP contribution < -0.4 is 5.32 Å². The number of hydrogen-bond donors (Lipinski definition) is 1. The Bertz CT molecular complexity index is 521. The Morgan fingerprint density at radius 3 is 2.68 bits per heavy atom. The molecule has 0 fully saturated rings. The van der Waals surface area contributed by atoms with E-state index in [0.717, 1.165) is 30.9 Å². The molecule has 2 nitrogen and oxygen atoms in total. The Kier molecular flexibility index (Phi) is 5.45. The van der Waals surface area contributed by atoms with E-state index in [2.05, 4.69) is 78.2 Å². The summed E-state index contributed by atoms with van der Waals surface area (Å²) in [5, 5.41) is 3.57. The van der Waals surface area contributed by atoms with Crippen molar-refractivity contribution in [3.63, 3.8) is 0 Å². The van der Waals surface area contributed by atoms with Gasteiger partial charge in [-0.1, -0.05) is 26.0 Å². The monoisotopic (exact) mass is 369 g/mol. The molecule has 0 aliphatic rings. The SMILES string of the molecule is CCCNC(c1cccc(I)c1)c1ccc(CC)o1. The van der Waals surface area contributed by atoms with Crippen LogP contribution in [0.4, 0.5) is 0 Å². The van der Waals surface area contributed by atoms with Crippen LogP contribution in [0.2, 0.25) is 0 Å². The summed E-state index contributed by atoms with van der Waals surface area (Å²) in [5.74, 6) is 2.05. The van der Waals surface area contributed by atoms with Crippen LogP contribution in [0, 0.1) is 3.57 Å². The molecule has 1 atom stereocenters. The molecule has 1 unspecified atom stereocenters. The first kappa shape index (κ1) is 14.6. The first-order valence-electron chi connectivity index (χ1n) is 6.82. The maximum absolute atomic E-state index is 5.92. The molecule has 0 saturated heterocycles. The van der Waals surface area contributed by atoms with Gasteiger partial charge >= 0.3 is 0 Å². The molecule has 0 aliphatic heterocycles. The predicted octanol–water partition coefficient (Wildman–Crippen LogP) is 4.54. The molecule has 1 aromatic heterocycles. The second kappa shape index (κ2) is 7.10. The van der Waals surface area contributed by atoms with Crippen molar-refractivity contribution in [3.8, 4) is 0 Å². The first-order valence-corrected chi connectivity index (χ1v) is 7.90. The van der Waals surface area contributed by atoms with Crippen molar-refractivity contribution in [2.75, 3.05) is 6.54 Å². The number of aryl methyl sites for hydroxylation is 1. The lowest BCUT2D eigenvalue weighted by molar-refractivity contribution is 0.422. The molecular formula is C16H20INO. The molecule has 0 aliphatic carbocycles. The van der Waals surface area contributed by atoms with Crippen LogP contribution in [0.5, 0.6) is 0 Å². The zero-order valence-corrected chi connectivity index (χ0v) is 13.6. The van der Waals surface area contributed by atoms with Gasteiger partial charge in [-0.15, -0.1) is 0 Å². The van der Waals surface area contributed by atoms with E-state index in [9.17, 15) is 0 Å². The van der Waals surface area contributed by atoms with E-state index in [1.165, 1.54) is 9.13 Å². The molecule has 3 heteroatoms. The highest BCUT2D eigenvalue weighted by atomic mass is 127. The Morgan fingerprint density at radius 1 is 1.21 bits per heavy atom. The zero-order chi connectivity index (χ0) is 13.7. The van der Waals surface area contributed by atoms with Crippen LogP contribution in [-0.4, -0.2) is 6.54 Å². The summed E-state index contributed by atoms with van der Waals surface area (Å²) >= 11 is 2.35. The second-order valence-corrected chi connectivity index (χ2v) is 5.85. The molecule has 19 heavy (non-hydrogen) atoms. The van der Waals surface area contributed by atoms with E-state index < -0.39 is 0 Å². The quantitative estimate of drug-likeness (QED) is 0.757. The van der Waals surface area contributed by atoms with Gasteiger partial charge in [-0.05, 0) is 65.4 Å². The van der Waals surface area contributed by atoms with E-state index in [0.29, 0.717) is 0 Å². The molecule has 0 radical (unpaired) electrons. The molecule has 2 aromatic rings. The topological polar surface area (TPSA) is 25.2 Å². The maximum atomic E-state index is 5.92. The lowest BCUT2D eigenvalue weighted by Crippen LogP contribution is -2.22. The Morgan fingerprint density at radius 2 is 2.05 bits per heavy atom. The predicted molar refractivity (Wildman–Crippen MR) is 87.4 cm³/mol. The van der Waals surface area contributed by atoms with Crippen molar-refractivity contribution in [2.24, 2.45) is 0 Å². The highest BCUT2D eigenvalue weighted by Gasteiger charge is 2.17. The smallest absolute Gasteiger partial charge is 0.125 e. The third-order valence-corrected chi connectivity index (χ3v) is 3.77. The summed E-state index contributed by atoms with van der Waals surface area (Å²) in [4.78, 5) is 0. The van der Waals surface area contributed by atoms with E-state index in [4.69, 9.17) is 4.42 Å². The molecule has 102 valence electrons. The summed E-state index contributed by atoms with van der Waals surface area (Å²) in [6, 6.07) is 12.9. The number of nitrogens with one attached hydrogen (secondary N) is 1. The number of furan rings is 1. The van der Waals surface area contributed by atoms with E-state index in [-0.39, 0.29) is 6.04 Å². The molecule has 1 aromatic carbocycles. The zero-order valence-electron chi connectivity index (χ0n) is 11.4. The average molecular weight is 369 g/mol. The fraction of sp³-hybridized carbons (Fsp3) is 0.375. The molecule has 0 amide bonds. The van der Waals surface area contributed by atoms with Gasteiger partial charge in [0.25, 0.3) is 0 Å². The van der Waals surface area contributed by atoms with E-state index >= 15 is 0 Å². The number of halogens is 1. The third-order valence-electron chi connectivity index (χ3n) is 3.10. The minimum absolute atomic E-state index is 0.148. The lowest BCUT2D eigenvalue weighted by Gasteiger charge is -2.17. The van der Waals surface area contributed by atoms with Gasteiger partial charge in [0.2, 0.25) is 0 Å². The van der Waals surface area contributed by atoms with Crippen molar-refractivity contribution < 1.29 is 4.42 Å². The van der Waals surface area contributed by atoms with Gasteiger partial charge in [-0.2, -0.15) is 0 Å². The Labute approximate surface area is 128 Å². The highest BCUT2D eigenvalue weighted by Crippen LogP contribution is 2.25. The largest absolute Gasteiger partial charge is 0.464 e. The van der Waals surface area contributed by atoms with E-state index in [1.807, 2.05) is 0 Å². The van der Waals surface area contributed by atoms with Crippen LogP contribution in [0.25, 0.3) is 0 Å². The maximum Gasteiger partial charge on any atom is 0.125 e. The van der Waals surface area contributed by atoms with Gasteiger partial charge in [0.1, 0.15) is 11.5 Å². The van der Waals surface area contributed by atoms with Crippen molar-refractivity contribution >= 4 is 22.6 Å². The molecular weight excluding hydrogens is 349 g/mol. The summed E-state index contributed by atoms with van der Waals surface area (Å²) in [6.45, 7) is 5.28. The summed E-state index contributed by atoms with van der Waals surface area (Å²) in [5.41, 5.74) is 1.26. The Balaban J connectivity index is 2.29. The molecule has 1 N–H and O–H groups in total. The number of hydrogen-bond acceptors (Lipinski definition) is 2. The van der Waals surface area contributed by atoms with Gasteiger partial charge in [0, 0.05) is 9.99 Å². The van der Waals surface area contributed by atoms with Crippen LogP contribution >= 0.6 is 22.6 Å². The summed E-state index contributed by atoms with van der Waals surface area (Å²) in [7, 11) is 0. The Hall–Kier alpha value is -0.810. The standard InChI is InChI=1S/C16H20INO/c1-3-10-18-16(12-6-5-7-13(17)11-12)15-9-8-14(4-2)19-15/h5-9,11,16,18H,3-4,10H2,1-2H3. The van der Waals surface area contributed by atoms with Gasteiger partial charge in [0.15, 0.2) is 0 Å². The van der Waals surface area contributed by atoms with Crippen molar-refractivity contribution in [3.05, 3.63) is 57.1 Å². The third kappa shape index (κ3) is 3.83.